The van der Waals surface area contributed by atoms with Gasteiger partial charge >= 0.3 is 0 Å². The van der Waals surface area contributed by atoms with Gasteiger partial charge in [-0.15, -0.1) is 0 Å². The molecule has 0 spiro atoms. The summed E-state index contributed by atoms with van der Waals surface area (Å²) in [6.07, 6.45) is 2.95. The summed E-state index contributed by atoms with van der Waals surface area (Å²) in [7, 11) is -1.07. The number of fused-ring (bicyclic) bond motifs is 1. The predicted molar refractivity (Wildman–Crippen MR) is 99.5 cm³/mol. The largest absolute Gasteiger partial charge is 0.379 e. The van der Waals surface area contributed by atoms with Gasteiger partial charge in [0.1, 0.15) is 18.2 Å². The van der Waals surface area contributed by atoms with E-state index in [2.05, 4.69) is 34.9 Å². The minimum atomic E-state index is -1.07. The molecule has 1 aliphatic heterocycles. The van der Waals surface area contributed by atoms with Gasteiger partial charge in [-0.2, -0.15) is 4.98 Å². The molecule has 0 amide bonds. The van der Waals surface area contributed by atoms with Crippen molar-refractivity contribution < 1.29 is 9.47 Å². The van der Waals surface area contributed by atoms with Crippen molar-refractivity contribution in [1.82, 2.24) is 14.5 Å². The molecule has 1 fully saturated rings. The van der Waals surface area contributed by atoms with Gasteiger partial charge in [0.25, 0.3) is 0 Å². The van der Waals surface area contributed by atoms with Crippen molar-refractivity contribution in [3.8, 4) is 0 Å². The summed E-state index contributed by atoms with van der Waals surface area (Å²) in [6.45, 7) is 9.78. The fourth-order valence-corrected chi connectivity index (χ4v) is 3.56. The minimum Gasteiger partial charge on any atom is -0.379 e. The normalized spacial score (nSPS) is 18.4. The highest BCUT2D eigenvalue weighted by Gasteiger charge is 2.19. The fourth-order valence-electron chi connectivity index (χ4n) is 2.64. The van der Waals surface area contributed by atoms with Crippen molar-refractivity contribution in [2.24, 2.45) is 0 Å². The second-order valence-electron chi connectivity index (χ2n) is 7.42. The van der Waals surface area contributed by atoms with E-state index in [1.807, 2.05) is 16.8 Å². The Morgan fingerprint density at radius 2 is 2.25 bits per heavy atom. The zero-order valence-corrected chi connectivity index (χ0v) is 16.3. The SMILES string of the molecule is C[Si](C)(C)CCOCn1ccc2c(N[C@@H]3CCOC3)nc(Cl)nc21. The number of aromatic nitrogens is 3. The van der Waals surface area contributed by atoms with Gasteiger partial charge < -0.3 is 19.4 Å². The van der Waals surface area contributed by atoms with E-state index in [9.17, 15) is 0 Å². The van der Waals surface area contributed by atoms with Crippen LogP contribution in [0.3, 0.4) is 0 Å². The second kappa shape index (κ2) is 7.39. The maximum Gasteiger partial charge on any atom is 0.226 e. The van der Waals surface area contributed by atoms with E-state index < -0.39 is 8.07 Å². The molecule has 2 aromatic heterocycles. The summed E-state index contributed by atoms with van der Waals surface area (Å²) in [5.74, 6) is 0.765. The van der Waals surface area contributed by atoms with Crippen LogP contribution in [0.15, 0.2) is 12.3 Å². The van der Waals surface area contributed by atoms with Crippen LogP contribution in [0.2, 0.25) is 31.0 Å². The maximum atomic E-state index is 6.12. The van der Waals surface area contributed by atoms with Crippen molar-refractivity contribution >= 4 is 36.5 Å². The molecule has 0 saturated carbocycles. The van der Waals surface area contributed by atoms with Crippen molar-refractivity contribution in [3.05, 3.63) is 17.5 Å². The lowest BCUT2D eigenvalue weighted by Gasteiger charge is -2.16. The van der Waals surface area contributed by atoms with E-state index in [4.69, 9.17) is 21.1 Å². The monoisotopic (exact) mass is 368 g/mol. The van der Waals surface area contributed by atoms with Crippen LogP contribution in [-0.4, -0.2) is 48.5 Å². The Kier molecular flexibility index (Phi) is 5.44. The van der Waals surface area contributed by atoms with E-state index >= 15 is 0 Å². The molecule has 0 bridgehead atoms. The summed E-state index contributed by atoms with van der Waals surface area (Å²) in [5, 5.41) is 4.62. The molecule has 3 heterocycles. The smallest absolute Gasteiger partial charge is 0.226 e. The molecule has 3 rings (SSSR count). The van der Waals surface area contributed by atoms with Crippen LogP contribution in [0.4, 0.5) is 5.82 Å². The third-order valence-electron chi connectivity index (χ3n) is 4.09. The van der Waals surface area contributed by atoms with Gasteiger partial charge in [0.15, 0.2) is 0 Å². The van der Waals surface area contributed by atoms with E-state index in [1.165, 1.54) is 0 Å². The standard InChI is InChI=1S/C16H25ClN4O2Si/c1-24(2,3)9-8-23-11-21-6-4-13-14(18-12-5-7-22-10-12)19-16(17)20-15(13)21/h4,6,12H,5,7-11H2,1-3H3,(H,18,19,20)/t12-/m1/s1. The van der Waals surface area contributed by atoms with Crippen LogP contribution in [-0.2, 0) is 16.2 Å². The van der Waals surface area contributed by atoms with Gasteiger partial charge in [0, 0.05) is 27.5 Å². The number of anilines is 1. The molecule has 6 nitrogen and oxygen atoms in total. The average Bonchev–Trinajstić information content (AvgIpc) is 3.12. The molecule has 0 unspecified atom stereocenters. The molecule has 1 N–H and O–H groups in total. The van der Waals surface area contributed by atoms with E-state index in [0.717, 1.165) is 42.5 Å². The Morgan fingerprint density at radius 3 is 2.96 bits per heavy atom. The first-order chi connectivity index (χ1) is 11.4. The topological polar surface area (TPSA) is 61.2 Å². The van der Waals surface area contributed by atoms with Gasteiger partial charge in [-0.3, -0.25) is 0 Å². The summed E-state index contributed by atoms with van der Waals surface area (Å²) < 4.78 is 13.2. The molecule has 1 aliphatic rings. The van der Waals surface area contributed by atoms with Crippen LogP contribution < -0.4 is 5.32 Å². The Balaban J connectivity index is 1.72. The fraction of sp³-hybridized carbons (Fsp3) is 0.625. The van der Waals surface area contributed by atoms with Crippen molar-refractivity contribution in [2.45, 2.75) is 44.9 Å². The van der Waals surface area contributed by atoms with Crippen LogP contribution in [0.1, 0.15) is 6.42 Å². The molecule has 0 aliphatic carbocycles. The number of ether oxygens (including phenoxy) is 2. The lowest BCUT2D eigenvalue weighted by atomic mass is 10.2. The Morgan fingerprint density at radius 1 is 1.42 bits per heavy atom. The number of rotatable bonds is 7. The molecule has 132 valence electrons. The van der Waals surface area contributed by atoms with Gasteiger partial charge in [-0.25, -0.2) is 4.98 Å². The van der Waals surface area contributed by atoms with E-state index in [-0.39, 0.29) is 11.3 Å². The number of halogens is 1. The predicted octanol–water partition coefficient (Wildman–Crippen LogP) is 3.60. The van der Waals surface area contributed by atoms with Crippen molar-refractivity contribution in [2.75, 3.05) is 25.1 Å². The van der Waals surface area contributed by atoms with Crippen LogP contribution >= 0.6 is 11.6 Å². The molecule has 1 saturated heterocycles. The first-order valence-electron chi connectivity index (χ1n) is 8.37. The summed E-state index contributed by atoms with van der Waals surface area (Å²) in [6, 6.07) is 3.43. The van der Waals surface area contributed by atoms with Gasteiger partial charge in [0.2, 0.25) is 5.28 Å². The van der Waals surface area contributed by atoms with Crippen molar-refractivity contribution in [3.63, 3.8) is 0 Å². The Hall–Kier alpha value is -1.15. The van der Waals surface area contributed by atoms with E-state index in [1.54, 1.807) is 0 Å². The quantitative estimate of drug-likeness (QED) is 0.459. The van der Waals surface area contributed by atoms with Gasteiger partial charge in [-0.1, -0.05) is 19.6 Å². The van der Waals surface area contributed by atoms with Crippen LogP contribution in [0.5, 0.6) is 0 Å². The molecular weight excluding hydrogens is 344 g/mol. The average molecular weight is 369 g/mol. The Bertz CT molecular complexity index is 695. The number of hydrogen-bond donors (Lipinski definition) is 1. The number of nitrogens with one attached hydrogen (secondary N) is 1. The zero-order valence-electron chi connectivity index (χ0n) is 14.5. The van der Waals surface area contributed by atoms with E-state index in [0.29, 0.717) is 13.3 Å². The first kappa shape index (κ1) is 17.7. The highest BCUT2D eigenvalue weighted by molar-refractivity contribution is 6.76. The van der Waals surface area contributed by atoms with Gasteiger partial charge in [-0.05, 0) is 30.1 Å². The summed E-state index contributed by atoms with van der Waals surface area (Å²) in [4.78, 5) is 8.72. The highest BCUT2D eigenvalue weighted by Crippen LogP contribution is 2.25. The molecule has 1 atom stereocenters. The lowest BCUT2D eigenvalue weighted by Crippen LogP contribution is -2.22. The van der Waals surface area contributed by atoms with Crippen LogP contribution in [0, 0.1) is 0 Å². The summed E-state index contributed by atoms with van der Waals surface area (Å²) >= 11 is 6.12. The third-order valence-corrected chi connectivity index (χ3v) is 5.96. The molecule has 8 heteroatoms. The third kappa shape index (κ3) is 4.47. The summed E-state index contributed by atoms with van der Waals surface area (Å²) in [5.41, 5.74) is 0.796. The zero-order chi connectivity index (χ0) is 17.2. The van der Waals surface area contributed by atoms with Crippen molar-refractivity contribution in [1.29, 1.82) is 0 Å². The second-order valence-corrected chi connectivity index (χ2v) is 13.4. The van der Waals surface area contributed by atoms with Crippen LogP contribution in [0.25, 0.3) is 11.0 Å². The molecule has 0 radical (unpaired) electrons. The number of nitrogens with zero attached hydrogens (tertiary/aromatic N) is 3. The Labute approximate surface area is 148 Å². The molecular formula is C16H25ClN4O2Si. The highest BCUT2D eigenvalue weighted by atomic mass is 35.5. The maximum absolute atomic E-state index is 6.12. The molecule has 2 aromatic rings. The lowest BCUT2D eigenvalue weighted by molar-refractivity contribution is 0.0899. The molecule has 0 aromatic carbocycles. The molecule has 24 heavy (non-hydrogen) atoms. The number of hydrogen-bond acceptors (Lipinski definition) is 5. The van der Waals surface area contributed by atoms with Gasteiger partial charge in [0.05, 0.1) is 18.0 Å². The minimum absolute atomic E-state index is 0.242. The first-order valence-corrected chi connectivity index (χ1v) is 12.5.